The van der Waals surface area contributed by atoms with E-state index < -0.39 is 0 Å². The molecule has 2 heterocycles. The minimum atomic E-state index is 0.656. The summed E-state index contributed by atoms with van der Waals surface area (Å²) in [5.74, 6) is 0.656. The molecule has 0 atom stereocenters. The lowest BCUT2D eigenvalue weighted by Crippen LogP contribution is -1.94. The van der Waals surface area contributed by atoms with Crippen LogP contribution in [0.15, 0.2) is 89.3 Å². The number of hydrogen-bond acceptors (Lipinski definition) is 2. The van der Waals surface area contributed by atoms with E-state index in [1.807, 2.05) is 24.3 Å². The fourth-order valence-corrected chi connectivity index (χ4v) is 5.03. The van der Waals surface area contributed by atoms with Crippen LogP contribution in [0.25, 0.3) is 50.0 Å². The first kappa shape index (κ1) is 20.7. The van der Waals surface area contributed by atoms with Crippen molar-refractivity contribution in [2.75, 3.05) is 0 Å². The van der Waals surface area contributed by atoms with E-state index in [9.17, 15) is 0 Å². The van der Waals surface area contributed by atoms with Gasteiger partial charge in [0, 0.05) is 22.0 Å². The molecule has 6 rings (SSSR count). The second kappa shape index (κ2) is 8.49. The summed E-state index contributed by atoms with van der Waals surface area (Å²) in [5.41, 5.74) is 9.13. The number of nitrogens with zero attached hydrogens (tertiary/aromatic N) is 2. The summed E-state index contributed by atoms with van der Waals surface area (Å²) >= 11 is 0. The fraction of sp³-hybridized carbons (Fsp3) is 0.194. The van der Waals surface area contributed by atoms with E-state index in [1.54, 1.807) is 0 Å². The molecule has 0 spiro atoms. The Bertz CT molecular complexity index is 1520. The molecule has 0 amide bonds. The van der Waals surface area contributed by atoms with Gasteiger partial charge in [-0.3, -0.25) is 0 Å². The summed E-state index contributed by atoms with van der Waals surface area (Å²) < 4.78 is 8.36. The lowest BCUT2D eigenvalue weighted by atomic mass is 10.0. The summed E-state index contributed by atoms with van der Waals surface area (Å²) in [7, 11) is 0. The topological polar surface area (TPSA) is 31.0 Å². The number of oxazole rings is 1. The highest BCUT2D eigenvalue weighted by atomic mass is 16.3. The summed E-state index contributed by atoms with van der Waals surface area (Å²) in [6.07, 6.45) is 4.53. The van der Waals surface area contributed by atoms with Crippen LogP contribution in [0.3, 0.4) is 0 Å². The van der Waals surface area contributed by atoms with E-state index in [4.69, 9.17) is 4.42 Å². The van der Waals surface area contributed by atoms with Crippen molar-refractivity contribution < 1.29 is 4.42 Å². The molecule has 0 N–H and O–H groups in total. The molecule has 0 aliphatic heterocycles. The summed E-state index contributed by atoms with van der Waals surface area (Å²) in [4.78, 5) is 4.66. The maximum atomic E-state index is 5.98. The van der Waals surface area contributed by atoms with Crippen molar-refractivity contribution in [2.45, 2.75) is 39.5 Å². The van der Waals surface area contributed by atoms with Crippen molar-refractivity contribution in [2.24, 2.45) is 0 Å². The molecule has 2 aromatic heterocycles. The monoisotopic (exact) mass is 444 g/mol. The van der Waals surface area contributed by atoms with Crippen molar-refractivity contribution in [3.63, 3.8) is 0 Å². The fourth-order valence-electron chi connectivity index (χ4n) is 5.03. The van der Waals surface area contributed by atoms with Crippen LogP contribution in [0.1, 0.15) is 37.8 Å². The minimum Gasteiger partial charge on any atom is -0.436 e. The second-order valence-corrected chi connectivity index (χ2v) is 9.07. The molecule has 168 valence electrons. The van der Waals surface area contributed by atoms with E-state index in [0.29, 0.717) is 5.89 Å². The van der Waals surface area contributed by atoms with Crippen LogP contribution in [0.5, 0.6) is 0 Å². The predicted octanol–water partition coefficient (Wildman–Crippen LogP) is 8.50. The van der Waals surface area contributed by atoms with Gasteiger partial charge < -0.3 is 8.98 Å². The summed E-state index contributed by atoms with van der Waals surface area (Å²) in [5, 5.41) is 2.67. The number of rotatable bonds is 6. The predicted molar refractivity (Wildman–Crippen MR) is 142 cm³/mol. The number of benzene rings is 4. The molecule has 0 radical (unpaired) electrons. The van der Waals surface area contributed by atoms with Crippen LogP contribution in [-0.4, -0.2) is 9.55 Å². The number of hydrogen-bond donors (Lipinski definition) is 0. The maximum absolute atomic E-state index is 5.98. The van der Waals surface area contributed by atoms with E-state index in [0.717, 1.165) is 48.0 Å². The Morgan fingerprint density at radius 1 is 0.706 bits per heavy atom. The van der Waals surface area contributed by atoms with Gasteiger partial charge in [0.2, 0.25) is 5.89 Å². The standard InChI is InChI=1S/C31H28N2O/c1-3-7-21-11-17-28-25(19-21)26-20-22(8-4-2)12-18-29(26)33(28)24-15-13-23(14-16-24)31-32-27-9-5-6-10-30(27)34-31/h5-6,9-20H,3-4,7-8H2,1-2H3. The molecule has 0 unspecified atom stereocenters. The molecule has 6 aromatic rings. The van der Waals surface area contributed by atoms with Crippen molar-refractivity contribution in [3.05, 3.63) is 96.1 Å². The van der Waals surface area contributed by atoms with Crippen LogP contribution < -0.4 is 0 Å². The van der Waals surface area contributed by atoms with Gasteiger partial charge in [0.15, 0.2) is 5.58 Å². The molecule has 0 fully saturated rings. The third-order valence-electron chi connectivity index (χ3n) is 6.64. The van der Waals surface area contributed by atoms with Crippen molar-refractivity contribution in [1.29, 1.82) is 0 Å². The zero-order valence-corrected chi connectivity index (χ0v) is 19.7. The molecule has 3 nitrogen and oxygen atoms in total. The Kier molecular flexibility index (Phi) is 5.18. The van der Waals surface area contributed by atoms with Crippen molar-refractivity contribution in [1.82, 2.24) is 9.55 Å². The van der Waals surface area contributed by atoms with Gasteiger partial charge in [-0.1, -0.05) is 51.0 Å². The molecule has 3 heteroatoms. The molecular weight excluding hydrogens is 416 g/mol. The Balaban J connectivity index is 1.50. The average Bonchev–Trinajstić information content (AvgIpc) is 3.44. The molecule has 0 saturated carbocycles. The maximum Gasteiger partial charge on any atom is 0.227 e. The van der Waals surface area contributed by atoms with E-state index in [-0.39, 0.29) is 0 Å². The van der Waals surface area contributed by atoms with Crippen LogP contribution in [-0.2, 0) is 12.8 Å². The van der Waals surface area contributed by atoms with E-state index >= 15 is 0 Å². The number of fused-ring (bicyclic) bond motifs is 4. The summed E-state index contributed by atoms with van der Waals surface area (Å²) in [6.45, 7) is 4.48. The lowest BCUT2D eigenvalue weighted by molar-refractivity contribution is 0.620. The first-order valence-electron chi connectivity index (χ1n) is 12.3. The molecule has 0 aliphatic carbocycles. The molecule has 34 heavy (non-hydrogen) atoms. The Hall–Kier alpha value is -3.85. The first-order valence-corrected chi connectivity index (χ1v) is 12.3. The highest BCUT2D eigenvalue weighted by Crippen LogP contribution is 2.34. The third kappa shape index (κ3) is 3.49. The smallest absolute Gasteiger partial charge is 0.227 e. The van der Waals surface area contributed by atoms with Crippen LogP contribution in [0.2, 0.25) is 0 Å². The Morgan fingerprint density at radius 3 is 1.91 bits per heavy atom. The average molecular weight is 445 g/mol. The second-order valence-electron chi connectivity index (χ2n) is 9.07. The quantitative estimate of drug-likeness (QED) is 0.258. The molecule has 0 aliphatic rings. The zero-order valence-electron chi connectivity index (χ0n) is 19.7. The lowest BCUT2D eigenvalue weighted by Gasteiger charge is -2.09. The Labute approximate surface area is 199 Å². The van der Waals surface area contributed by atoms with E-state index in [1.165, 1.54) is 32.9 Å². The Morgan fingerprint density at radius 2 is 1.32 bits per heavy atom. The first-order chi connectivity index (χ1) is 16.7. The molecule has 0 saturated heterocycles. The van der Waals surface area contributed by atoms with Gasteiger partial charge in [-0.15, -0.1) is 0 Å². The van der Waals surface area contributed by atoms with Gasteiger partial charge in [-0.25, -0.2) is 4.98 Å². The SMILES string of the molecule is CCCc1ccc2c(c1)c1cc(CCC)ccc1n2-c1ccc(-c2nc3ccccc3o2)cc1. The van der Waals surface area contributed by atoms with Gasteiger partial charge in [0.1, 0.15) is 5.52 Å². The largest absolute Gasteiger partial charge is 0.436 e. The van der Waals surface area contributed by atoms with Gasteiger partial charge in [-0.05, 0) is 84.6 Å². The van der Waals surface area contributed by atoms with Gasteiger partial charge >= 0.3 is 0 Å². The van der Waals surface area contributed by atoms with E-state index in [2.05, 4.69) is 84.1 Å². The number of aryl methyl sites for hydroxylation is 2. The zero-order chi connectivity index (χ0) is 23.1. The number of para-hydroxylation sites is 2. The van der Waals surface area contributed by atoms with Crippen LogP contribution >= 0.6 is 0 Å². The normalized spacial score (nSPS) is 11.7. The molecule has 4 aromatic carbocycles. The van der Waals surface area contributed by atoms with Gasteiger partial charge in [0.05, 0.1) is 11.0 Å². The van der Waals surface area contributed by atoms with Crippen LogP contribution in [0, 0.1) is 0 Å². The molecular formula is C31H28N2O. The van der Waals surface area contributed by atoms with Crippen molar-refractivity contribution in [3.8, 4) is 17.1 Å². The highest BCUT2D eigenvalue weighted by Gasteiger charge is 2.14. The summed E-state index contributed by atoms with van der Waals surface area (Å²) in [6, 6.07) is 30.4. The minimum absolute atomic E-state index is 0.656. The number of aromatic nitrogens is 2. The third-order valence-corrected chi connectivity index (χ3v) is 6.64. The highest BCUT2D eigenvalue weighted by molar-refractivity contribution is 6.09. The van der Waals surface area contributed by atoms with Crippen LogP contribution in [0.4, 0.5) is 0 Å². The van der Waals surface area contributed by atoms with Gasteiger partial charge in [0.25, 0.3) is 0 Å². The van der Waals surface area contributed by atoms with Crippen molar-refractivity contribution >= 4 is 32.9 Å². The molecule has 0 bridgehead atoms. The van der Waals surface area contributed by atoms with Gasteiger partial charge in [-0.2, -0.15) is 0 Å².